The lowest BCUT2D eigenvalue weighted by Crippen LogP contribution is -2.40. The van der Waals surface area contributed by atoms with E-state index in [1.165, 1.54) is 0 Å². The molecule has 0 unspecified atom stereocenters. The molecule has 1 nitrogen and oxygen atoms in total. The highest BCUT2D eigenvalue weighted by atomic mass is 35.5. The molecule has 0 aliphatic heterocycles. The Balaban J connectivity index is 2.33. The van der Waals surface area contributed by atoms with Gasteiger partial charge in [0, 0.05) is 18.8 Å². The number of hydrogen-bond donors (Lipinski definition) is 0. The molecule has 0 N–H and O–H groups in total. The van der Waals surface area contributed by atoms with Crippen LogP contribution in [0.4, 0.5) is 8.78 Å². The van der Waals surface area contributed by atoms with E-state index in [4.69, 9.17) is 11.6 Å². The van der Waals surface area contributed by atoms with Gasteiger partial charge in [-0.2, -0.15) is 0 Å². The summed E-state index contributed by atoms with van der Waals surface area (Å²) in [4.78, 5) is 10.6. The van der Waals surface area contributed by atoms with Gasteiger partial charge in [-0.15, -0.1) is 11.6 Å². The lowest BCUT2D eigenvalue weighted by atomic mass is 9.79. The molecule has 0 saturated heterocycles. The fraction of sp³-hybridized carbons (Fsp3) is 0.833. The molecule has 1 aliphatic carbocycles. The zero-order valence-corrected chi connectivity index (χ0v) is 6.00. The fourth-order valence-electron chi connectivity index (χ4n) is 0.998. The Bertz CT molecular complexity index is 150. The van der Waals surface area contributed by atoms with Crippen LogP contribution in [-0.4, -0.2) is 17.6 Å². The van der Waals surface area contributed by atoms with Crippen molar-refractivity contribution in [2.24, 2.45) is 5.92 Å². The molecule has 58 valence electrons. The monoisotopic (exact) mass is 168 g/mol. The highest BCUT2D eigenvalue weighted by molar-refractivity contribution is 6.28. The first kappa shape index (κ1) is 7.92. The highest BCUT2D eigenvalue weighted by Gasteiger charge is 2.47. The van der Waals surface area contributed by atoms with Gasteiger partial charge >= 0.3 is 0 Å². The van der Waals surface area contributed by atoms with E-state index in [1.54, 1.807) is 0 Å². The van der Waals surface area contributed by atoms with Gasteiger partial charge < -0.3 is 0 Å². The van der Waals surface area contributed by atoms with Crippen molar-refractivity contribution in [3.8, 4) is 0 Å². The summed E-state index contributed by atoms with van der Waals surface area (Å²) in [5.74, 6) is -3.48. The van der Waals surface area contributed by atoms with Crippen LogP contribution in [0.3, 0.4) is 0 Å². The summed E-state index contributed by atoms with van der Waals surface area (Å²) in [7, 11) is 0. The zero-order valence-electron chi connectivity index (χ0n) is 5.24. The number of rotatable bonds is 2. The normalized spacial score (nSPS) is 23.9. The van der Waals surface area contributed by atoms with E-state index in [2.05, 4.69) is 0 Å². The summed E-state index contributed by atoms with van der Waals surface area (Å²) in [6, 6.07) is 0. The van der Waals surface area contributed by atoms with Gasteiger partial charge in [0.1, 0.15) is 0 Å². The molecule has 1 saturated carbocycles. The molecule has 0 atom stereocenters. The average Bonchev–Trinajstić information content (AvgIpc) is 1.81. The molecular formula is C6H7ClF2O. The van der Waals surface area contributed by atoms with E-state index in [1.807, 2.05) is 0 Å². The topological polar surface area (TPSA) is 17.1 Å². The van der Waals surface area contributed by atoms with Crippen molar-refractivity contribution in [1.82, 2.24) is 0 Å². The molecule has 0 amide bonds. The van der Waals surface area contributed by atoms with Gasteiger partial charge in [0.05, 0.1) is 5.88 Å². The van der Waals surface area contributed by atoms with Crippen LogP contribution in [-0.2, 0) is 4.79 Å². The van der Waals surface area contributed by atoms with Crippen LogP contribution in [0.15, 0.2) is 0 Å². The second-order valence-electron chi connectivity index (χ2n) is 2.56. The smallest absolute Gasteiger partial charge is 0.249 e. The molecule has 1 fully saturated rings. The van der Waals surface area contributed by atoms with Crippen molar-refractivity contribution >= 4 is 17.4 Å². The molecule has 0 bridgehead atoms. The third kappa shape index (κ3) is 1.45. The molecule has 1 aliphatic rings. The first-order valence-corrected chi connectivity index (χ1v) is 3.55. The van der Waals surface area contributed by atoms with Crippen LogP contribution >= 0.6 is 11.6 Å². The molecule has 1 rings (SSSR count). The van der Waals surface area contributed by atoms with Gasteiger partial charge in [-0.05, 0) is 0 Å². The van der Waals surface area contributed by atoms with Gasteiger partial charge in [0.15, 0.2) is 5.78 Å². The summed E-state index contributed by atoms with van der Waals surface area (Å²) >= 11 is 5.16. The maximum Gasteiger partial charge on any atom is 0.249 e. The predicted octanol–water partition coefficient (Wildman–Crippen LogP) is 1.84. The molecule has 10 heavy (non-hydrogen) atoms. The molecule has 4 heteroatoms. The van der Waals surface area contributed by atoms with Gasteiger partial charge in [-0.3, -0.25) is 4.79 Å². The minimum atomic E-state index is -2.60. The van der Waals surface area contributed by atoms with Crippen LogP contribution in [0.1, 0.15) is 12.8 Å². The van der Waals surface area contributed by atoms with E-state index in [0.717, 1.165) is 0 Å². The van der Waals surface area contributed by atoms with Gasteiger partial charge in [-0.1, -0.05) is 0 Å². The van der Waals surface area contributed by atoms with Crippen molar-refractivity contribution in [2.45, 2.75) is 18.8 Å². The molecule has 0 heterocycles. The van der Waals surface area contributed by atoms with Crippen LogP contribution < -0.4 is 0 Å². The second-order valence-corrected chi connectivity index (χ2v) is 2.83. The Morgan fingerprint density at radius 3 is 2.40 bits per heavy atom. The molecular weight excluding hydrogens is 162 g/mol. The van der Waals surface area contributed by atoms with Crippen molar-refractivity contribution in [1.29, 1.82) is 0 Å². The van der Waals surface area contributed by atoms with Crippen molar-refractivity contribution in [2.75, 3.05) is 5.88 Å². The summed E-state index contributed by atoms with van der Waals surface area (Å²) < 4.78 is 24.2. The SMILES string of the molecule is O=C(CCl)C1CC(F)(F)C1. The number of Topliss-reactive ketones (excluding diaryl/α,β-unsaturated/α-hetero) is 1. The Labute approximate surface area is 62.4 Å². The maximum atomic E-state index is 12.1. The summed E-state index contributed by atoms with van der Waals surface area (Å²) in [5, 5.41) is 0. The zero-order chi connectivity index (χ0) is 7.78. The van der Waals surface area contributed by atoms with Crippen LogP contribution in [0.5, 0.6) is 0 Å². The summed E-state index contributed by atoms with van der Waals surface area (Å²) in [6.45, 7) is 0. The van der Waals surface area contributed by atoms with E-state index in [9.17, 15) is 13.6 Å². The largest absolute Gasteiger partial charge is 0.298 e. The predicted molar refractivity (Wildman–Crippen MR) is 33.4 cm³/mol. The molecule has 0 aromatic heterocycles. The van der Waals surface area contributed by atoms with E-state index < -0.39 is 11.8 Å². The summed E-state index contributed by atoms with van der Waals surface area (Å²) in [6.07, 6.45) is -0.614. The Hall–Kier alpha value is -0.180. The fourth-order valence-corrected chi connectivity index (χ4v) is 1.22. The van der Waals surface area contributed by atoms with E-state index >= 15 is 0 Å². The van der Waals surface area contributed by atoms with Crippen LogP contribution in [0.25, 0.3) is 0 Å². The third-order valence-electron chi connectivity index (χ3n) is 1.68. The number of carbonyl (C=O) groups excluding carboxylic acids is 1. The second kappa shape index (κ2) is 2.46. The highest BCUT2D eigenvalue weighted by Crippen LogP contribution is 2.42. The van der Waals surface area contributed by atoms with Crippen molar-refractivity contribution in [3.63, 3.8) is 0 Å². The minimum Gasteiger partial charge on any atom is -0.298 e. The van der Waals surface area contributed by atoms with Crippen LogP contribution in [0, 0.1) is 5.92 Å². The molecule has 0 aromatic carbocycles. The van der Waals surface area contributed by atoms with Gasteiger partial charge in [-0.25, -0.2) is 8.78 Å². The number of alkyl halides is 3. The van der Waals surface area contributed by atoms with E-state index in [-0.39, 0.29) is 24.5 Å². The maximum absolute atomic E-state index is 12.1. The lowest BCUT2D eigenvalue weighted by molar-refractivity contribution is -0.145. The first-order valence-electron chi connectivity index (χ1n) is 3.02. The van der Waals surface area contributed by atoms with Gasteiger partial charge in [0.2, 0.25) is 5.92 Å². The van der Waals surface area contributed by atoms with Crippen molar-refractivity contribution in [3.05, 3.63) is 0 Å². The first-order chi connectivity index (χ1) is 4.55. The average molecular weight is 169 g/mol. The summed E-state index contributed by atoms with van der Waals surface area (Å²) in [5.41, 5.74) is 0. The Kier molecular flexibility index (Phi) is 1.95. The Morgan fingerprint density at radius 1 is 1.60 bits per heavy atom. The van der Waals surface area contributed by atoms with Crippen LogP contribution in [0.2, 0.25) is 0 Å². The number of halogens is 3. The standard InChI is InChI=1S/C6H7ClF2O/c7-3-5(10)4-1-6(8,9)2-4/h4H,1-3H2. The molecule has 0 radical (unpaired) electrons. The van der Waals surface area contributed by atoms with Crippen molar-refractivity contribution < 1.29 is 13.6 Å². The third-order valence-corrected chi connectivity index (χ3v) is 1.94. The van der Waals surface area contributed by atoms with Gasteiger partial charge in [0.25, 0.3) is 0 Å². The van der Waals surface area contributed by atoms with E-state index in [0.29, 0.717) is 0 Å². The molecule has 0 aromatic rings. The minimum absolute atomic E-state index is 0.138. The lowest BCUT2D eigenvalue weighted by Gasteiger charge is -2.33. The number of hydrogen-bond acceptors (Lipinski definition) is 1. The quantitative estimate of drug-likeness (QED) is 0.575. The number of ketones is 1. The number of carbonyl (C=O) groups is 1. The Morgan fingerprint density at radius 2 is 2.10 bits per heavy atom. The molecule has 0 spiro atoms.